The number of hydrogen-bond acceptors (Lipinski definition) is 4. The number of aliphatic hydroxyl groups is 3. The van der Waals surface area contributed by atoms with Crippen molar-refractivity contribution in [3.8, 4) is 0 Å². The van der Waals surface area contributed by atoms with Crippen LogP contribution in [0.4, 0.5) is 0 Å². The van der Waals surface area contributed by atoms with E-state index in [0.29, 0.717) is 35.5 Å². The maximum atomic E-state index is 11.7. The van der Waals surface area contributed by atoms with E-state index in [9.17, 15) is 20.1 Å². The molecule has 0 spiro atoms. The van der Waals surface area contributed by atoms with Crippen LogP contribution in [0.2, 0.25) is 0 Å². The van der Waals surface area contributed by atoms with E-state index in [0.717, 1.165) is 38.5 Å². The molecule has 0 saturated heterocycles. The quantitative estimate of drug-likeness (QED) is 0.277. The van der Waals surface area contributed by atoms with Gasteiger partial charge in [0.15, 0.2) is 0 Å². The van der Waals surface area contributed by atoms with E-state index in [2.05, 4.69) is 48.1 Å². The number of carbonyl (C=O) groups is 1. The number of rotatable bonds is 6. The van der Waals surface area contributed by atoms with E-state index in [-0.39, 0.29) is 28.4 Å². The van der Waals surface area contributed by atoms with Crippen molar-refractivity contribution in [2.24, 2.45) is 45.3 Å². The van der Waals surface area contributed by atoms with Crippen LogP contribution in [0.25, 0.3) is 0 Å². The lowest BCUT2D eigenvalue weighted by molar-refractivity contribution is -0.172. The lowest BCUT2D eigenvalue weighted by Crippen LogP contribution is -2.57. The highest BCUT2D eigenvalue weighted by Gasteiger charge is 2.59. The molecule has 0 aromatic heterocycles. The first-order valence-corrected chi connectivity index (χ1v) is 16.8. The molecule has 0 aromatic rings. The molecule has 41 heavy (non-hydrogen) atoms. The molecule has 0 aliphatic heterocycles. The normalized spacial score (nSPS) is 44.7. The Bertz CT molecular complexity index is 943. The van der Waals surface area contributed by atoms with Crippen molar-refractivity contribution in [2.75, 3.05) is 0 Å². The van der Waals surface area contributed by atoms with Crippen molar-refractivity contribution < 1.29 is 20.1 Å². The van der Waals surface area contributed by atoms with Gasteiger partial charge in [-0.15, -0.1) is 6.58 Å². The molecule has 0 radical (unpaired) electrons. The topological polar surface area (TPSA) is 77.8 Å². The van der Waals surface area contributed by atoms with Gasteiger partial charge in [0.1, 0.15) is 5.78 Å². The Labute approximate surface area is 253 Å². The molecule has 0 bridgehead atoms. The zero-order chi connectivity index (χ0) is 31.3. The monoisotopic (exact) mass is 574 g/mol. The number of fused-ring (bicyclic) bond motifs is 2. The highest BCUT2D eigenvalue weighted by molar-refractivity contribution is 5.76. The standard InChI is InChI=1S/C20H36O2.C17H30O2/c1-7-18(4,21)13-9-16-19(5)12-8-11-17(2,3)15(19)10-14-20(16,6)22;1-12(18)11-14-16(4)9-6-8-15(2,3)13(16)7-10-17(14,5)19/h7,15-16,21-22H,1,8-14H2,2-6H3;13-14,19H,6-11H2,1-5H3/t15?,16-,18+,19?,20-;13?,14-,16+,17-/m10/s1. The van der Waals surface area contributed by atoms with Crippen molar-refractivity contribution in [3.63, 3.8) is 0 Å². The first-order valence-electron chi connectivity index (χ1n) is 16.8. The van der Waals surface area contributed by atoms with Crippen LogP contribution < -0.4 is 0 Å². The Morgan fingerprint density at radius 1 is 0.780 bits per heavy atom. The average Bonchev–Trinajstić information content (AvgIpc) is 2.79. The van der Waals surface area contributed by atoms with Gasteiger partial charge in [0.25, 0.3) is 0 Å². The number of ketones is 1. The smallest absolute Gasteiger partial charge is 0.130 e. The van der Waals surface area contributed by atoms with Crippen LogP contribution in [0.15, 0.2) is 12.7 Å². The molecule has 4 aliphatic rings. The SMILES string of the molecule is C=C[C@](C)(O)CC[C@@H]1C2(C)CCCC(C)(C)C2CC[C@@]1(C)O.CC(=O)C[C@@H]1[C@@](C)(O)CCC2C(C)(C)CCC[C@]21C. The van der Waals surface area contributed by atoms with E-state index in [4.69, 9.17) is 0 Å². The zero-order valence-corrected chi connectivity index (χ0v) is 28.5. The third kappa shape index (κ3) is 7.01. The molecule has 3 N–H and O–H groups in total. The van der Waals surface area contributed by atoms with Crippen molar-refractivity contribution in [1.29, 1.82) is 0 Å². The van der Waals surface area contributed by atoms with E-state index >= 15 is 0 Å². The third-order valence-corrected chi connectivity index (χ3v) is 13.4. The van der Waals surface area contributed by atoms with Crippen LogP contribution in [0.1, 0.15) is 153 Å². The zero-order valence-electron chi connectivity index (χ0n) is 28.5. The average molecular weight is 575 g/mol. The van der Waals surface area contributed by atoms with Gasteiger partial charge in [-0.3, -0.25) is 0 Å². The fourth-order valence-electron chi connectivity index (χ4n) is 11.2. The van der Waals surface area contributed by atoms with Gasteiger partial charge in [0.05, 0.1) is 16.8 Å². The van der Waals surface area contributed by atoms with Gasteiger partial charge in [-0.05, 0) is 137 Å². The summed E-state index contributed by atoms with van der Waals surface area (Å²) in [7, 11) is 0. The van der Waals surface area contributed by atoms with E-state index in [1.165, 1.54) is 32.1 Å². The fraction of sp³-hybridized carbons (Fsp3) is 0.919. The molecule has 4 fully saturated rings. The molecule has 3 unspecified atom stereocenters. The summed E-state index contributed by atoms with van der Waals surface area (Å²) in [5.41, 5.74) is -1.11. The largest absolute Gasteiger partial charge is 0.390 e. The lowest BCUT2D eigenvalue weighted by atomic mass is 9.45. The molecule has 4 rings (SSSR count). The molecule has 0 aromatic carbocycles. The van der Waals surface area contributed by atoms with Crippen molar-refractivity contribution in [3.05, 3.63) is 12.7 Å². The summed E-state index contributed by atoms with van der Waals surface area (Å²) in [5.74, 6) is 1.90. The molecular weight excluding hydrogens is 508 g/mol. The predicted octanol–water partition coefficient (Wildman–Crippen LogP) is 8.66. The number of Topliss-reactive ketones (excluding diaryl/α,β-unsaturated/α-hetero) is 1. The summed E-state index contributed by atoms with van der Waals surface area (Å²) in [4.78, 5) is 11.7. The van der Waals surface area contributed by atoms with Crippen LogP contribution >= 0.6 is 0 Å². The molecular formula is C37H66O4. The van der Waals surface area contributed by atoms with Gasteiger partial charge in [0.2, 0.25) is 0 Å². The number of hydrogen-bond donors (Lipinski definition) is 3. The Kier molecular flexibility index (Phi) is 9.89. The van der Waals surface area contributed by atoms with Gasteiger partial charge >= 0.3 is 0 Å². The highest BCUT2D eigenvalue weighted by Crippen LogP contribution is 2.64. The first-order chi connectivity index (χ1) is 18.5. The maximum absolute atomic E-state index is 11.7. The van der Waals surface area contributed by atoms with Crippen molar-refractivity contribution in [2.45, 2.75) is 170 Å². The van der Waals surface area contributed by atoms with Gasteiger partial charge in [-0.25, -0.2) is 0 Å². The molecule has 0 amide bonds. The Morgan fingerprint density at radius 3 is 1.61 bits per heavy atom. The molecule has 4 heteroatoms. The molecule has 238 valence electrons. The van der Waals surface area contributed by atoms with E-state index in [1.807, 2.05) is 20.8 Å². The van der Waals surface area contributed by atoms with Crippen LogP contribution in [0, 0.1) is 45.3 Å². The van der Waals surface area contributed by atoms with Crippen LogP contribution in [-0.2, 0) is 4.79 Å². The van der Waals surface area contributed by atoms with Crippen LogP contribution in [0.3, 0.4) is 0 Å². The fourth-order valence-corrected chi connectivity index (χ4v) is 11.2. The van der Waals surface area contributed by atoms with Crippen LogP contribution in [0.5, 0.6) is 0 Å². The summed E-state index contributed by atoms with van der Waals surface area (Å²) < 4.78 is 0. The van der Waals surface area contributed by atoms with Gasteiger partial charge < -0.3 is 20.1 Å². The summed E-state index contributed by atoms with van der Waals surface area (Å²) >= 11 is 0. The van der Waals surface area contributed by atoms with Crippen LogP contribution in [-0.4, -0.2) is 37.9 Å². The summed E-state index contributed by atoms with van der Waals surface area (Å²) in [6.07, 6.45) is 15.1. The summed E-state index contributed by atoms with van der Waals surface area (Å²) in [5, 5.41) is 32.2. The third-order valence-electron chi connectivity index (χ3n) is 13.4. The molecule has 0 heterocycles. The second kappa shape index (κ2) is 11.7. The second-order valence-electron chi connectivity index (χ2n) is 17.7. The summed E-state index contributed by atoms with van der Waals surface area (Å²) in [6, 6.07) is 0. The Balaban J connectivity index is 0.000000228. The second-order valence-corrected chi connectivity index (χ2v) is 17.7. The first kappa shape index (κ1) is 34.8. The van der Waals surface area contributed by atoms with Gasteiger partial charge in [-0.1, -0.05) is 60.5 Å². The maximum Gasteiger partial charge on any atom is 0.130 e. The minimum Gasteiger partial charge on any atom is -0.390 e. The molecule has 9 atom stereocenters. The van der Waals surface area contributed by atoms with Crippen molar-refractivity contribution >= 4 is 5.78 Å². The van der Waals surface area contributed by atoms with E-state index < -0.39 is 16.8 Å². The highest BCUT2D eigenvalue weighted by atomic mass is 16.3. The van der Waals surface area contributed by atoms with Crippen molar-refractivity contribution in [1.82, 2.24) is 0 Å². The predicted molar refractivity (Wildman–Crippen MR) is 171 cm³/mol. The minimum atomic E-state index is -0.830. The van der Waals surface area contributed by atoms with Gasteiger partial charge in [0, 0.05) is 6.42 Å². The molecule has 4 nitrogen and oxygen atoms in total. The Hall–Kier alpha value is -0.710. The molecule has 4 aliphatic carbocycles. The lowest BCUT2D eigenvalue weighted by Gasteiger charge is -2.61. The van der Waals surface area contributed by atoms with Gasteiger partial charge in [-0.2, -0.15) is 0 Å². The van der Waals surface area contributed by atoms with E-state index in [1.54, 1.807) is 13.0 Å². The minimum absolute atomic E-state index is 0.120. The Morgan fingerprint density at radius 2 is 1.20 bits per heavy atom. The molecule has 4 saturated carbocycles. The summed E-state index contributed by atoms with van der Waals surface area (Å²) in [6.45, 7) is 25.5. The number of carbonyl (C=O) groups excluding carboxylic acids is 1.